The molecular formula is C13H12N2O3. The number of non-ortho nitro benzene ring substituents is 1. The zero-order valence-electron chi connectivity index (χ0n) is 9.87. The number of hydrogen-bond acceptors (Lipinski definition) is 3. The molecule has 0 amide bonds. The van der Waals surface area contributed by atoms with E-state index in [4.69, 9.17) is 0 Å². The van der Waals surface area contributed by atoms with Gasteiger partial charge in [-0.2, -0.15) is 0 Å². The Morgan fingerprint density at radius 3 is 2.44 bits per heavy atom. The Balaban J connectivity index is 2.13. The predicted molar refractivity (Wildman–Crippen MR) is 66.5 cm³/mol. The van der Waals surface area contributed by atoms with Crippen LogP contribution in [0.25, 0.3) is 0 Å². The SMILES string of the molecule is Cn1cccc1C(=O)Cc1ccc([N+](=O)[O-])cc1. The molecule has 0 N–H and O–H groups in total. The molecule has 0 aliphatic rings. The molecule has 5 heteroatoms. The standard InChI is InChI=1S/C13H12N2O3/c1-14-8-2-3-12(14)13(16)9-10-4-6-11(7-5-10)15(17)18/h2-8H,9H2,1H3. The summed E-state index contributed by atoms with van der Waals surface area (Å²) in [5.41, 5.74) is 1.44. The highest BCUT2D eigenvalue weighted by Crippen LogP contribution is 2.14. The van der Waals surface area contributed by atoms with Crippen molar-refractivity contribution in [2.45, 2.75) is 6.42 Å². The third-order valence-corrected chi connectivity index (χ3v) is 2.74. The van der Waals surface area contributed by atoms with E-state index < -0.39 is 4.92 Å². The van der Waals surface area contributed by atoms with Crippen LogP contribution in [0.1, 0.15) is 16.1 Å². The number of benzene rings is 1. The number of carbonyl (C=O) groups excluding carboxylic acids is 1. The number of carbonyl (C=O) groups is 1. The third-order valence-electron chi connectivity index (χ3n) is 2.74. The molecule has 0 aliphatic carbocycles. The van der Waals surface area contributed by atoms with Crippen molar-refractivity contribution < 1.29 is 9.72 Å². The molecule has 0 atom stereocenters. The summed E-state index contributed by atoms with van der Waals surface area (Å²) in [5, 5.41) is 10.5. The predicted octanol–water partition coefficient (Wildman–Crippen LogP) is 2.36. The molecule has 0 bridgehead atoms. The van der Waals surface area contributed by atoms with E-state index in [2.05, 4.69) is 0 Å². The molecule has 0 spiro atoms. The van der Waals surface area contributed by atoms with Gasteiger partial charge in [-0.05, 0) is 17.7 Å². The molecule has 0 saturated carbocycles. The first-order chi connectivity index (χ1) is 8.58. The molecule has 1 heterocycles. The lowest BCUT2D eigenvalue weighted by Gasteiger charge is -2.02. The molecule has 0 unspecified atom stereocenters. The highest BCUT2D eigenvalue weighted by atomic mass is 16.6. The maximum absolute atomic E-state index is 12.0. The molecule has 5 nitrogen and oxygen atoms in total. The lowest BCUT2D eigenvalue weighted by Crippen LogP contribution is -2.08. The fourth-order valence-corrected chi connectivity index (χ4v) is 1.76. The van der Waals surface area contributed by atoms with Crippen LogP contribution in [0.4, 0.5) is 5.69 Å². The average Bonchev–Trinajstić information content (AvgIpc) is 2.76. The number of nitro benzene ring substituents is 1. The fourth-order valence-electron chi connectivity index (χ4n) is 1.76. The van der Waals surface area contributed by atoms with E-state index in [0.29, 0.717) is 5.69 Å². The normalized spacial score (nSPS) is 10.3. The van der Waals surface area contributed by atoms with Gasteiger partial charge in [-0.1, -0.05) is 12.1 Å². The maximum Gasteiger partial charge on any atom is 0.269 e. The van der Waals surface area contributed by atoms with Crippen LogP contribution < -0.4 is 0 Å². The number of Topliss-reactive ketones (excluding diaryl/α,β-unsaturated/α-hetero) is 1. The van der Waals surface area contributed by atoms with E-state index in [-0.39, 0.29) is 17.9 Å². The van der Waals surface area contributed by atoms with Gasteiger partial charge in [0.15, 0.2) is 5.78 Å². The number of nitrogens with zero attached hydrogens (tertiary/aromatic N) is 2. The minimum absolute atomic E-state index is 0.00338. The van der Waals surface area contributed by atoms with Crippen LogP contribution in [0, 0.1) is 10.1 Å². The third kappa shape index (κ3) is 2.45. The van der Waals surface area contributed by atoms with Crippen molar-refractivity contribution in [2.75, 3.05) is 0 Å². The van der Waals surface area contributed by atoms with Crippen molar-refractivity contribution in [3.8, 4) is 0 Å². The van der Waals surface area contributed by atoms with Crippen molar-refractivity contribution in [3.05, 3.63) is 64.0 Å². The van der Waals surface area contributed by atoms with E-state index >= 15 is 0 Å². The fraction of sp³-hybridized carbons (Fsp3) is 0.154. The van der Waals surface area contributed by atoms with Gasteiger partial charge in [0.1, 0.15) is 0 Å². The first kappa shape index (κ1) is 12.0. The second-order valence-electron chi connectivity index (χ2n) is 4.03. The summed E-state index contributed by atoms with van der Waals surface area (Å²) in [6.45, 7) is 0. The van der Waals surface area contributed by atoms with Gasteiger partial charge in [0.2, 0.25) is 0 Å². The Kier molecular flexibility index (Phi) is 3.23. The van der Waals surface area contributed by atoms with Gasteiger partial charge in [0.25, 0.3) is 5.69 Å². The highest BCUT2D eigenvalue weighted by molar-refractivity contribution is 5.96. The van der Waals surface area contributed by atoms with Crippen LogP contribution in [0.2, 0.25) is 0 Å². The number of rotatable bonds is 4. The average molecular weight is 244 g/mol. The summed E-state index contributed by atoms with van der Waals surface area (Å²) in [6, 6.07) is 9.61. The van der Waals surface area contributed by atoms with Crippen LogP contribution in [0.5, 0.6) is 0 Å². The summed E-state index contributed by atoms with van der Waals surface area (Å²) in [6.07, 6.45) is 2.05. The van der Waals surface area contributed by atoms with Gasteiger partial charge >= 0.3 is 0 Å². The van der Waals surface area contributed by atoms with Crippen molar-refractivity contribution >= 4 is 11.5 Å². The molecule has 1 aromatic carbocycles. The van der Waals surface area contributed by atoms with Gasteiger partial charge in [0.05, 0.1) is 10.6 Å². The van der Waals surface area contributed by atoms with E-state index in [1.54, 1.807) is 22.8 Å². The largest absolute Gasteiger partial charge is 0.348 e. The molecule has 1 aromatic heterocycles. The molecule has 18 heavy (non-hydrogen) atoms. The summed E-state index contributed by atoms with van der Waals surface area (Å²) >= 11 is 0. The molecule has 92 valence electrons. The van der Waals surface area contributed by atoms with Crippen LogP contribution >= 0.6 is 0 Å². The van der Waals surface area contributed by atoms with Gasteiger partial charge in [-0.3, -0.25) is 14.9 Å². The molecule has 2 rings (SSSR count). The summed E-state index contributed by atoms with van der Waals surface area (Å²) in [5.74, 6) is -0.00338. The Hall–Kier alpha value is -2.43. The quantitative estimate of drug-likeness (QED) is 0.471. The van der Waals surface area contributed by atoms with Gasteiger partial charge in [-0.15, -0.1) is 0 Å². The maximum atomic E-state index is 12.0. The van der Waals surface area contributed by atoms with Crippen molar-refractivity contribution in [2.24, 2.45) is 7.05 Å². The van der Waals surface area contributed by atoms with Gasteiger partial charge in [0, 0.05) is 31.8 Å². The smallest absolute Gasteiger partial charge is 0.269 e. The summed E-state index contributed by atoms with van der Waals surface area (Å²) in [4.78, 5) is 22.0. The molecule has 0 radical (unpaired) electrons. The van der Waals surface area contributed by atoms with Crippen LogP contribution in [-0.2, 0) is 13.5 Å². The van der Waals surface area contributed by atoms with E-state index in [0.717, 1.165) is 5.56 Å². The first-order valence-electron chi connectivity index (χ1n) is 5.46. The van der Waals surface area contributed by atoms with E-state index in [9.17, 15) is 14.9 Å². The van der Waals surface area contributed by atoms with Crippen LogP contribution in [0.3, 0.4) is 0 Å². The van der Waals surface area contributed by atoms with E-state index in [1.165, 1.54) is 12.1 Å². The summed E-state index contributed by atoms with van der Waals surface area (Å²) in [7, 11) is 1.81. The monoisotopic (exact) mass is 244 g/mol. The summed E-state index contributed by atoms with van der Waals surface area (Å²) < 4.78 is 1.76. The lowest BCUT2D eigenvalue weighted by molar-refractivity contribution is -0.384. The Morgan fingerprint density at radius 2 is 1.94 bits per heavy atom. The van der Waals surface area contributed by atoms with Crippen LogP contribution in [0.15, 0.2) is 42.6 Å². The Morgan fingerprint density at radius 1 is 1.28 bits per heavy atom. The molecule has 0 fully saturated rings. The topological polar surface area (TPSA) is 65.1 Å². The second-order valence-corrected chi connectivity index (χ2v) is 4.03. The minimum atomic E-state index is -0.456. The van der Waals surface area contributed by atoms with Crippen molar-refractivity contribution in [1.29, 1.82) is 0 Å². The van der Waals surface area contributed by atoms with E-state index in [1.807, 2.05) is 19.3 Å². The number of aromatic nitrogens is 1. The highest BCUT2D eigenvalue weighted by Gasteiger charge is 2.11. The Labute approximate surface area is 104 Å². The van der Waals surface area contributed by atoms with Gasteiger partial charge in [-0.25, -0.2) is 0 Å². The van der Waals surface area contributed by atoms with Crippen molar-refractivity contribution in [3.63, 3.8) is 0 Å². The van der Waals surface area contributed by atoms with Gasteiger partial charge < -0.3 is 4.57 Å². The second kappa shape index (κ2) is 4.83. The zero-order valence-corrected chi connectivity index (χ0v) is 9.87. The number of aryl methyl sites for hydroxylation is 1. The van der Waals surface area contributed by atoms with Crippen molar-refractivity contribution in [1.82, 2.24) is 4.57 Å². The number of nitro groups is 1. The van der Waals surface area contributed by atoms with Crippen LogP contribution in [-0.4, -0.2) is 15.3 Å². The Bertz CT molecular complexity index is 585. The lowest BCUT2D eigenvalue weighted by atomic mass is 10.1. The number of ketones is 1. The first-order valence-corrected chi connectivity index (χ1v) is 5.46. The molecule has 2 aromatic rings. The molecule has 0 saturated heterocycles. The number of hydrogen-bond donors (Lipinski definition) is 0. The zero-order chi connectivity index (χ0) is 13.1. The molecule has 0 aliphatic heterocycles. The molecular weight excluding hydrogens is 232 g/mol. The minimum Gasteiger partial charge on any atom is -0.348 e.